The Hall–Kier alpha value is -2.12. The molecule has 1 fully saturated rings. The van der Waals surface area contributed by atoms with Gasteiger partial charge in [-0.3, -0.25) is 4.79 Å². The van der Waals surface area contributed by atoms with Gasteiger partial charge in [0, 0.05) is 11.1 Å². The highest BCUT2D eigenvalue weighted by Gasteiger charge is 2.17. The van der Waals surface area contributed by atoms with E-state index in [1.165, 1.54) is 37.4 Å². The first kappa shape index (κ1) is 18.3. The molecule has 0 spiro atoms. The number of amides is 1. The Balaban J connectivity index is 1.48. The molecule has 2 aromatic heterocycles. The van der Waals surface area contributed by atoms with Gasteiger partial charge in [-0.15, -0.1) is 0 Å². The molecular weight excluding hydrogens is 382 g/mol. The summed E-state index contributed by atoms with van der Waals surface area (Å²) in [7, 11) is 0. The van der Waals surface area contributed by atoms with Crippen LogP contribution in [0.4, 0.5) is 0 Å². The lowest BCUT2D eigenvalue weighted by molar-refractivity contribution is -0.119. The van der Waals surface area contributed by atoms with E-state index in [-0.39, 0.29) is 5.91 Å². The second-order valence-electron chi connectivity index (χ2n) is 6.64. The molecule has 4 rings (SSSR count). The van der Waals surface area contributed by atoms with Crippen LogP contribution in [0, 0.1) is 0 Å². The maximum Gasteiger partial charge on any atom is 0.230 e. The van der Waals surface area contributed by atoms with E-state index in [4.69, 9.17) is 11.6 Å². The molecule has 140 valence electrons. The molecule has 1 saturated carbocycles. The number of fused-ring (bicyclic) bond motifs is 1. The van der Waals surface area contributed by atoms with Gasteiger partial charge in [-0.2, -0.15) is 5.10 Å². The van der Waals surface area contributed by atoms with Crippen LogP contribution in [-0.2, 0) is 4.79 Å². The van der Waals surface area contributed by atoms with Crippen LogP contribution in [-0.4, -0.2) is 37.5 Å². The molecule has 27 heavy (non-hydrogen) atoms. The zero-order valence-electron chi connectivity index (χ0n) is 14.8. The highest BCUT2D eigenvalue weighted by atomic mass is 35.5. The van der Waals surface area contributed by atoms with Crippen molar-refractivity contribution in [3.63, 3.8) is 0 Å². The minimum absolute atomic E-state index is 0.0590. The Morgan fingerprint density at radius 3 is 2.74 bits per heavy atom. The first-order chi connectivity index (χ1) is 13.2. The maximum atomic E-state index is 12.3. The molecule has 1 N–H and O–H groups in total. The lowest BCUT2D eigenvalue weighted by Gasteiger charge is -2.22. The Morgan fingerprint density at radius 2 is 1.96 bits per heavy atom. The van der Waals surface area contributed by atoms with E-state index < -0.39 is 0 Å². The largest absolute Gasteiger partial charge is 0.353 e. The van der Waals surface area contributed by atoms with Crippen molar-refractivity contribution < 1.29 is 4.79 Å². The Bertz CT molecular complexity index is 937. The monoisotopic (exact) mass is 401 g/mol. The van der Waals surface area contributed by atoms with Gasteiger partial charge in [-0.05, 0) is 37.1 Å². The lowest BCUT2D eigenvalue weighted by atomic mass is 9.95. The van der Waals surface area contributed by atoms with Gasteiger partial charge in [0.1, 0.15) is 11.4 Å². The number of benzene rings is 1. The predicted molar refractivity (Wildman–Crippen MR) is 107 cm³/mol. The molecule has 0 aliphatic heterocycles. The zero-order valence-corrected chi connectivity index (χ0v) is 16.3. The lowest BCUT2D eigenvalue weighted by Crippen LogP contribution is -2.37. The molecule has 1 aromatic carbocycles. The van der Waals surface area contributed by atoms with E-state index in [0.29, 0.717) is 22.5 Å². The average Bonchev–Trinajstić information content (AvgIpc) is 3.12. The van der Waals surface area contributed by atoms with Crippen LogP contribution in [0.5, 0.6) is 0 Å². The third-order valence-corrected chi connectivity index (χ3v) is 5.97. The quantitative estimate of drug-likeness (QED) is 0.516. The van der Waals surface area contributed by atoms with E-state index in [0.717, 1.165) is 28.9 Å². The molecule has 1 aliphatic carbocycles. The van der Waals surface area contributed by atoms with Crippen LogP contribution in [0.1, 0.15) is 32.1 Å². The summed E-state index contributed by atoms with van der Waals surface area (Å²) in [5.41, 5.74) is 1.58. The number of hydrogen-bond donors (Lipinski definition) is 1. The fourth-order valence-corrected chi connectivity index (χ4v) is 4.26. The van der Waals surface area contributed by atoms with Crippen molar-refractivity contribution in [3.8, 4) is 5.69 Å². The fourth-order valence-electron chi connectivity index (χ4n) is 3.36. The zero-order chi connectivity index (χ0) is 18.6. The SMILES string of the molecule is O=C(CSc1ncnc2c1cnn2-c1ccc(Cl)cc1)NC1CCCCC1. The van der Waals surface area contributed by atoms with Crippen molar-refractivity contribution >= 4 is 40.3 Å². The van der Waals surface area contributed by atoms with Crippen molar-refractivity contribution in [2.45, 2.75) is 43.2 Å². The molecule has 2 heterocycles. The van der Waals surface area contributed by atoms with Gasteiger partial charge in [0.05, 0.1) is 23.0 Å². The fraction of sp³-hybridized carbons (Fsp3) is 0.368. The van der Waals surface area contributed by atoms with Crippen molar-refractivity contribution in [2.75, 3.05) is 5.75 Å². The highest BCUT2D eigenvalue weighted by Crippen LogP contribution is 2.26. The van der Waals surface area contributed by atoms with Crippen molar-refractivity contribution in [2.24, 2.45) is 0 Å². The standard InChI is InChI=1S/C19H20ClN5OS/c20-13-6-8-15(9-7-13)25-18-16(10-23-25)19(22-12-21-18)27-11-17(26)24-14-4-2-1-3-5-14/h6-10,12,14H,1-5,11H2,(H,24,26). The maximum absolute atomic E-state index is 12.3. The highest BCUT2D eigenvalue weighted by molar-refractivity contribution is 8.00. The van der Waals surface area contributed by atoms with Crippen LogP contribution >= 0.6 is 23.4 Å². The number of rotatable bonds is 5. The number of nitrogens with zero attached hydrogens (tertiary/aromatic N) is 4. The third-order valence-electron chi connectivity index (χ3n) is 4.71. The first-order valence-electron chi connectivity index (χ1n) is 9.07. The Morgan fingerprint density at radius 1 is 1.19 bits per heavy atom. The molecule has 0 unspecified atom stereocenters. The van der Waals surface area contributed by atoms with Gasteiger partial charge < -0.3 is 5.32 Å². The van der Waals surface area contributed by atoms with E-state index in [2.05, 4.69) is 20.4 Å². The second-order valence-corrected chi connectivity index (χ2v) is 8.04. The van der Waals surface area contributed by atoms with Gasteiger partial charge in [0.25, 0.3) is 0 Å². The number of hydrogen-bond acceptors (Lipinski definition) is 5. The number of carbonyl (C=O) groups is 1. The van der Waals surface area contributed by atoms with Crippen LogP contribution in [0.15, 0.2) is 41.8 Å². The number of thioether (sulfide) groups is 1. The van der Waals surface area contributed by atoms with E-state index in [1.807, 2.05) is 24.3 Å². The molecule has 6 nitrogen and oxygen atoms in total. The van der Waals surface area contributed by atoms with Gasteiger partial charge >= 0.3 is 0 Å². The minimum atomic E-state index is 0.0590. The number of nitrogens with one attached hydrogen (secondary N) is 1. The predicted octanol–water partition coefficient (Wildman–Crippen LogP) is 4.01. The van der Waals surface area contributed by atoms with Crippen LogP contribution < -0.4 is 5.32 Å². The van der Waals surface area contributed by atoms with Gasteiger partial charge in [0.2, 0.25) is 5.91 Å². The summed E-state index contributed by atoms with van der Waals surface area (Å²) in [6, 6.07) is 7.74. The van der Waals surface area contributed by atoms with E-state index >= 15 is 0 Å². The topological polar surface area (TPSA) is 72.7 Å². The summed E-state index contributed by atoms with van der Waals surface area (Å²) in [4.78, 5) is 21.0. The van der Waals surface area contributed by atoms with Crippen molar-refractivity contribution in [1.82, 2.24) is 25.1 Å². The van der Waals surface area contributed by atoms with Crippen molar-refractivity contribution in [3.05, 3.63) is 41.8 Å². The summed E-state index contributed by atoms with van der Waals surface area (Å²) in [5, 5.41) is 9.84. The molecular formula is C19H20ClN5OS. The normalized spacial score (nSPS) is 15.1. The molecule has 0 atom stereocenters. The molecule has 1 amide bonds. The molecule has 0 radical (unpaired) electrons. The summed E-state index contributed by atoms with van der Waals surface area (Å²) in [5.74, 6) is 0.401. The molecule has 0 saturated heterocycles. The van der Waals surface area contributed by atoms with E-state index in [9.17, 15) is 4.79 Å². The third kappa shape index (κ3) is 4.25. The molecule has 3 aromatic rings. The summed E-state index contributed by atoms with van der Waals surface area (Å²) in [6.45, 7) is 0. The van der Waals surface area contributed by atoms with Gasteiger partial charge in [-0.25, -0.2) is 14.6 Å². The minimum Gasteiger partial charge on any atom is -0.353 e. The van der Waals surface area contributed by atoms with Crippen molar-refractivity contribution in [1.29, 1.82) is 0 Å². The second kappa shape index (κ2) is 8.27. The van der Waals surface area contributed by atoms with Gasteiger partial charge in [-0.1, -0.05) is 42.6 Å². The number of carbonyl (C=O) groups excluding carboxylic acids is 1. The Kier molecular flexibility index (Phi) is 5.59. The van der Waals surface area contributed by atoms with Crippen LogP contribution in [0.25, 0.3) is 16.7 Å². The van der Waals surface area contributed by atoms with Gasteiger partial charge in [0.15, 0.2) is 5.65 Å². The number of aromatic nitrogens is 4. The number of halogens is 1. The summed E-state index contributed by atoms with van der Waals surface area (Å²) in [6.07, 6.45) is 9.10. The van der Waals surface area contributed by atoms with Crippen LogP contribution in [0.3, 0.4) is 0 Å². The molecule has 1 aliphatic rings. The molecule has 0 bridgehead atoms. The summed E-state index contributed by atoms with van der Waals surface area (Å²) >= 11 is 7.38. The smallest absolute Gasteiger partial charge is 0.230 e. The Labute approximate surface area is 166 Å². The average molecular weight is 402 g/mol. The molecule has 8 heteroatoms. The van der Waals surface area contributed by atoms with E-state index in [1.54, 1.807) is 10.9 Å². The first-order valence-corrected chi connectivity index (χ1v) is 10.4. The summed E-state index contributed by atoms with van der Waals surface area (Å²) < 4.78 is 1.75. The van der Waals surface area contributed by atoms with Crippen LogP contribution in [0.2, 0.25) is 5.02 Å².